The second kappa shape index (κ2) is 13.3. The summed E-state index contributed by atoms with van der Waals surface area (Å²) in [4.78, 5) is 2.26. The Morgan fingerprint density at radius 3 is 2.41 bits per heavy atom. The Hall–Kier alpha value is -2.67. The maximum Gasteiger partial charge on any atom is 0.227 e. The fourth-order valence-corrected chi connectivity index (χ4v) is 3.88. The lowest BCUT2D eigenvalue weighted by atomic mass is 10.2. The lowest BCUT2D eigenvalue weighted by Gasteiger charge is -2.25. The van der Waals surface area contributed by atoms with Gasteiger partial charge in [-0.15, -0.1) is 0 Å². The van der Waals surface area contributed by atoms with Gasteiger partial charge in [0.15, 0.2) is 0 Å². The molecular formula is C28H39N3O3. The Labute approximate surface area is 204 Å². The van der Waals surface area contributed by atoms with Crippen molar-refractivity contribution in [3.8, 4) is 17.3 Å². The van der Waals surface area contributed by atoms with Crippen molar-refractivity contribution in [1.29, 1.82) is 0 Å². The van der Waals surface area contributed by atoms with E-state index in [1.54, 1.807) is 0 Å². The van der Waals surface area contributed by atoms with Crippen LogP contribution in [0.25, 0.3) is 5.69 Å². The van der Waals surface area contributed by atoms with Crippen molar-refractivity contribution in [2.75, 3.05) is 26.3 Å². The second-order valence-electron chi connectivity index (χ2n) is 8.85. The number of para-hydroxylation sites is 1. The summed E-state index contributed by atoms with van der Waals surface area (Å²) in [5.74, 6) is 1.48. The standard InChI is InChI=1S/C28H39N3O3/c1-5-7-18-33-21-25(32)19-30(17-6-2)20-27-23(4)29-31(24-11-9-8-10-12-24)28(27)34-26-15-13-22(3)14-16-26/h8-16,25,32H,5-7,17-21H2,1-4H3. The molecule has 1 unspecified atom stereocenters. The molecule has 0 radical (unpaired) electrons. The molecule has 0 aliphatic heterocycles. The van der Waals surface area contributed by atoms with Gasteiger partial charge in [-0.1, -0.05) is 56.2 Å². The summed E-state index contributed by atoms with van der Waals surface area (Å²) in [5, 5.41) is 15.4. The van der Waals surface area contributed by atoms with Gasteiger partial charge in [-0.25, -0.2) is 4.68 Å². The minimum absolute atomic E-state index is 0.356. The molecule has 3 rings (SSSR count). The van der Waals surface area contributed by atoms with Crippen molar-refractivity contribution in [2.24, 2.45) is 0 Å². The highest BCUT2D eigenvalue weighted by Crippen LogP contribution is 2.32. The van der Waals surface area contributed by atoms with E-state index < -0.39 is 6.10 Å². The summed E-state index contributed by atoms with van der Waals surface area (Å²) in [6, 6.07) is 18.1. The Balaban J connectivity index is 1.85. The molecule has 1 heterocycles. The molecule has 0 fully saturated rings. The minimum Gasteiger partial charge on any atom is -0.439 e. The summed E-state index contributed by atoms with van der Waals surface area (Å²) >= 11 is 0. The first-order chi connectivity index (χ1) is 16.5. The molecule has 1 atom stereocenters. The van der Waals surface area contributed by atoms with Crippen LogP contribution in [-0.2, 0) is 11.3 Å². The highest BCUT2D eigenvalue weighted by Gasteiger charge is 2.22. The largest absolute Gasteiger partial charge is 0.439 e. The van der Waals surface area contributed by atoms with Gasteiger partial charge in [0.25, 0.3) is 0 Å². The lowest BCUT2D eigenvalue weighted by Crippen LogP contribution is -2.35. The van der Waals surface area contributed by atoms with Gasteiger partial charge < -0.3 is 14.6 Å². The third kappa shape index (κ3) is 7.42. The van der Waals surface area contributed by atoms with E-state index >= 15 is 0 Å². The fourth-order valence-electron chi connectivity index (χ4n) is 3.88. The highest BCUT2D eigenvalue weighted by atomic mass is 16.5. The first-order valence-electron chi connectivity index (χ1n) is 12.4. The van der Waals surface area contributed by atoms with Gasteiger partial charge >= 0.3 is 0 Å². The van der Waals surface area contributed by atoms with Crippen LogP contribution in [0.3, 0.4) is 0 Å². The average molecular weight is 466 g/mol. The molecule has 0 spiro atoms. The van der Waals surface area contributed by atoms with Crippen LogP contribution in [0.1, 0.15) is 49.9 Å². The molecule has 0 bridgehead atoms. The SMILES string of the molecule is CCCCOCC(O)CN(CCC)Cc1c(C)nn(-c2ccccc2)c1Oc1ccc(C)cc1. The van der Waals surface area contributed by atoms with E-state index in [2.05, 4.69) is 25.7 Å². The van der Waals surface area contributed by atoms with Gasteiger partial charge in [-0.3, -0.25) is 4.90 Å². The van der Waals surface area contributed by atoms with Crippen LogP contribution in [0.2, 0.25) is 0 Å². The topological polar surface area (TPSA) is 59.8 Å². The minimum atomic E-state index is -0.533. The Morgan fingerprint density at radius 2 is 1.74 bits per heavy atom. The van der Waals surface area contributed by atoms with Crippen LogP contribution in [-0.4, -0.2) is 52.2 Å². The maximum absolute atomic E-state index is 10.6. The number of unbranched alkanes of at least 4 members (excludes halogenated alkanes) is 1. The van der Waals surface area contributed by atoms with Crippen molar-refractivity contribution in [1.82, 2.24) is 14.7 Å². The Bertz CT molecular complexity index is 986. The van der Waals surface area contributed by atoms with Crippen LogP contribution in [0, 0.1) is 13.8 Å². The number of rotatable bonds is 14. The number of hydrogen-bond acceptors (Lipinski definition) is 5. The first kappa shape index (κ1) is 25.9. The number of nitrogens with zero attached hydrogens (tertiary/aromatic N) is 3. The van der Waals surface area contributed by atoms with E-state index in [-0.39, 0.29) is 0 Å². The predicted octanol–water partition coefficient (Wildman–Crippen LogP) is 5.67. The Morgan fingerprint density at radius 1 is 1.00 bits per heavy atom. The third-order valence-corrected chi connectivity index (χ3v) is 5.72. The zero-order chi connectivity index (χ0) is 24.3. The molecule has 0 saturated carbocycles. The van der Waals surface area contributed by atoms with E-state index in [1.807, 2.05) is 66.2 Å². The third-order valence-electron chi connectivity index (χ3n) is 5.72. The molecule has 6 heteroatoms. The zero-order valence-electron chi connectivity index (χ0n) is 21.0. The first-order valence-corrected chi connectivity index (χ1v) is 12.4. The van der Waals surface area contributed by atoms with Gasteiger partial charge in [-0.2, -0.15) is 5.10 Å². The van der Waals surface area contributed by atoms with Gasteiger partial charge in [0, 0.05) is 19.7 Å². The monoisotopic (exact) mass is 465 g/mol. The van der Waals surface area contributed by atoms with Crippen molar-refractivity contribution in [2.45, 2.75) is 59.6 Å². The van der Waals surface area contributed by atoms with Gasteiger partial charge in [0.1, 0.15) is 5.75 Å². The van der Waals surface area contributed by atoms with Gasteiger partial charge in [0.05, 0.1) is 29.7 Å². The van der Waals surface area contributed by atoms with Crippen LogP contribution in [0.5, 0.6) is 11.6 Å². The molecule has 0 saturated heterocycles. The number of hydrogen-bond donors (Lipinski definition) is 1. The van der Waals surface area contributed by atoms with Crippen LogP contribution in [0.4, 0.5) is 0 Å². The molecule has 3 aromatic rings. The molecule has 0 amide bonds. The second-order valence-corrected chi connectivity index (χ2v) is 8.85. The number of ether oxygens (including phenoxy) is 2. The van der Waals surface area contributed by atoms with E-state index in [9.17, 15) is 5.11 Å². The predicted molar refractivity (Wildman–Crippen MR) is 137 cm³/mol. The Kier molecular flexibility index (Phi) is 10.1. The molecule has 1 aromatic heterocycles. The molecule has 34 heavy (non-hydrogen) atoms. The maximum atomic E-state index is 10.6. The summed E-state index contributed by atoms with van der Waals surface area (Å²) < 4.78 is 14.0. The number of aryl methyl sites for hydroxylation is 2. The molecule has 184 valence electrons. The number of benzene rings is 2. The molecule has 2 aromatic carbocycles. The van der Waals surface area contributed by atoms with Crippen molar-refractivity contribution in [3.63, 3.8) is 0 Å². The van der Waals surface area contributed by atoms with E-state index in [0.29, 0.717) is 32.2 Å². The molecular weight excluding hydrogens is 426 g/mol. The smallest absolute Gasteiger partial charge is 0.227 e. The fraction of sp³-hybridized carbons (Fsp3) is 0.464. The van der Waals surface area contributed by atoms with E-state index in [0.717, 1.165) is 48.5 Å². The number of aliphatic hydroxyl groups excluding tert-OH is 1. The van der Waals surface area contributed by atoms with E-state index in [1.165, 1.54) is 5.56 Å². The van der Waals surface area contributed by atoms with Gasteiger partial charge in [-0.05, 0) is 57.5 Å². The molecule has 6 nitrogen and oxygen atoms in total. The summed E-state index contributed by atoms with van der Waals surface area (Å²) in [6.07, 6.45) is 2.56. The van der Waals surface area contributed by atoms with Crippen LogP contribution in [0.15, 0.2) is 54.6 Å². The zero-order valence-corrected chi connectivity index (χ0v) is 21.0. The molecule has 1 N–H and O–H groups in total. The highest BCUT2D eigenvalue weighted by molar-refractivity contribution is 5.43. The normalized spacial score (nSPS) is 12.3. The summed E-state index contributed by atoms with van der Waals surface area (Å²) in [5.41, 5.74) is 4.08. The quantitative estimate of drug-likeness (QED) is 0.311. The van der Waals surface area contributed by atoms with E-state index in [4.69, 9.17) is 14.6 Å². The van der Waals surface area contributed by atoms with Crippen molar-refractivity contribution >= 4 is 0 Å². The van der Waals surface area contributed by atoms with Crippen molar-refractivity contribution in [3.05, 3.63) is 71.4 Å². The summed E-state index contributed by atoms with van der Waals surface area (Å²) in [7, 11) is 0. The van der Waals surface area contributed by atoms with Crippen LogP contribution < -0.4 is 4.74 Å². The lowest BCUT2D eigenvalue weighted by molar-refractivity contribution is 0.0143. The number of aromatic nitrogens is 2. The summed E-state index contributed by atoms with van der Waals surface area (Å²) in [6.45, 7) is 11.5. The average Bonchev–Trinajstić information content (AvgIpc) is 3.14. The molecule has 0 aliphatic carbocycles. The van der Waals surface area contributed by atoms with Crippen molar-refractivity contribution < 1.29 is 14.6 Å². The number of aliphatic hydroxyl groups is 1. The molecule has 0 aliphatic rings. The van der Waals surface area contributed by atoms with Gasteiger partial charge in [0.2, 0.25) is 5.88 Å². The van der Waals surface area contributed by atoms with Crippen LogP contribution >= 0.6 is 0 Å².